The van der Waals surface area contributed by atoms with E-state index in [2.05, 4.69) is 92.4 Å². The van der Waals surface area contributed by atoms with Crippen molar-refractivity contribution in [1.29, 1.82) is 0 Å². The Morgan fingerprint density at radius 2 is 0.630 bits per heavy atom. The number of hydrogen-bond acceptors (Lipinski definition) is 0. The molecule has 0 spiro atoms. The Kier molecular flexibility index (Phi) is 10.3. The van der Waals surface area contributed by atoms with Gasteiger partial charge in [0.2, 0.25) is 0 Å². The predicted octanol–water partition coefficient (Wildman–Crippen LogP) is 9.40. The third kappa shape index (κ3) is 6.81. The van der Waals surface area contributed by atoms with Crippen LogP contribution in [0.25, 0.3) is 0 Å². The molecule has 0 aromatic rings. The van der Waals surface area contributed by atoms with Crippen LogP contribution in [0.15, 0.2) is 0 Å². The Hall–Kier alpha value is 3.62. The van der Waals surface area contributed by atoms with Crippen molar-refractivity contribution in [2.24, 2.45) is 0 Å². The van der Waals surface area contributed by atoms with Crippen molar-refractivity contribution >= 4 is 100 Å². The van der Waals surface area contributed by atoms with Crippen LogP contribution in [-0.2, 0) is 0 Å². The van der Waals surface area contributed by atoms with Crippen molar-refractivity contribution in [2.45, 2.75) is 100 Å². The normalized spacial score (nSPS) is 16.4. The molecule has 0 unspecified atom stereocenters. The van der Waals surface area contributed by atoms with E-state index in [1.165, 1.54) is 0 Å². The summed E-state index contributed by atoms with van der Waals surface area (Å²) in [5.74, 6) is 0. The fraction of sp³-hybridized carbons (Fsp3) is 1.00. The van der Waals surface area contributed by atoms with Crippen LogP contribution in [0, 0.1) is 0 Å². The van der Waals surface area contributed by atoms with Gasteiger partial charge in [0.25, 0.3) is 0 Å². The second kappa shape index (κ2) is 9.11. The van der Waals surface area contributed by atoms with E-state index in [9.17, 15) is 0 Å². The fourth-order valence-electron chi connectivity index (χ4n) is 5.72. The van der Waals surface area contributed by atoms with Crippen LogP contribution in [0.3, 0.4) is 0 Å². The van der Waals surface area contributed by atoms with Crippen molar-refractivity contribution in [3.05, 3.63) is 0 Å². The Morgan fingerprint density at radius 1 is 0.481 bits per heavy atom. The number of hydrogen-bond donors (Lipinski definition) is 0. The first-order chi connectivity index (χ1) is 11.2. The Morgan fingerprint density at radius 3 is 0.741 bits per heavy atom. The van der Waals surface area contributed by atoms with Crippen LogP contribution in [-0.4, -0.2) is 64.5 Å². The maximum absolute atomic E-state index is 7.65. The average Bonchev–Trinajstić information content (AvgIpc) is 2.16. The first-order valence-electron chi connectivity index (χ1n) is 9.99. The summed E-state index contributed by atoms with van der Waals surface area (Å²) in [6.07, 6.45) is 0. The van der Waals surface area contributed by atoms with Gasteiger partial charge in [-0.15, -0.1) is 0 Å². The van der Waals surface area contributed by atoms with Gasteiger partial charge in [-0.3, -0.25) is 0 Å². The van der Waals surface area contributed by atoms with Crippen molar-refractivity contribution in [2.75, 3.05) is 0 Å². The molecule has 164 valence electrons. The molecule has 0 aliphatic carbocycles. The molecule has 0 radical (unpaired) electrons. The van der Waals surface area contributed by atoms with Gasteiger partial charge in [-0.25, -0.2) is 0 Å². The minimum absolute atomic E-state index is 0.216. The number of rotatable bonds is 8. The quantitative estimate of drug-likeness (QED) is 0.218. The summed E-state index contributed by atoms with van der Waals surface area (Å²) >= 11 is -7.40. The molecule has 0 heterocycles. The summed E-state index contributed by atoms with van der Waals surface area (Å²) in [6, 6.07) is 0. The Labute approximate surface area is 197 Å². The zero-order valence-corrected chi connectivity index (χ0v) is 32.9. The summed E-state index contributed by atoms with van der Waals surface area (Å²) in [5.41, 5.74) is 0. The molecule has 0 atom stereocenters. The van der Waals surface area contributed by atoms with Gasteiger partial charge in [0, 0.05) is 0 Å². The van der Waals surface area contributed by atoms with Crippen molar-refractivity contribution in [1.82, 2.24) is 0 Å². The van der Waals surface area contributed by atoms with E-state index in [0.717, 1.165) is 0 Å². The van der Waals surface area contributed by atoms with E-state index in [0.29, 0.717) is 6.36 Å². The van der Waals surface area contributed by atoms with Crippen molar-refractivity contribution < 1.29 is 0 Å². The van der Waals surface area contributed by atoms with Gasteiger partial charge in [0.1, 0.15) is 0 Å². The SMILES string of the molecule is C[C](C)([Sn]([Cl])([Cl])[CH]([Si](C)(C)C)[Si](C)(C)C)[Sn]([Cl])([Cl])[CH]([Si](C)(C)C)[Si](C)(C)C. The van der Waals surface area contributed by atoms with E-state index in [-0.39, 0.29) is 1.45 Å². The van der Waals surface area contributed by atoms with Crippen LogP contribution < -0.4 is 0 Å². The first-order valence-corrected chi connectivity index (χ1v) is 44.9. The molecule has 0 saturated heterocycles. The fourth-order valence-corrected chi connectivity index (χ4v) is 196. The Bertz CT molecular complexity index is 453. The summed E-state index contributed by atoms with van der Waals surface area (Å²) < 4.78 is 0.858. The molecule has 0 aliphatic heterocycles. The molecular formula is C17H44Cl4Si4Sn2. The van der Waals surface area contributed by atoms with E-state index in [1.54, 1.807) is 0 Å². The third-order valence-electron chi connectivity index (χ3n) is 5.86. The first kappa shape index (κ1) is 30.6. The van der Waals surface area contributed by atoms with E-state index >= 15 is 0 Å². The third-order valence-corrected chi connectivity index (χ3v) is 134. The van der Waals surface area contributed by atoms with Gasteiger partial charge in [-0.2, -0.15) is 0 Å². The van der Waals surface area contributed by atoms with Crippen LogP contribution in [0.2, 0.25) is 86.4 Å². The second-order valence-electron chi connectivity index (χ2n) is 13.2. The number of halogens is 4. The molecule has 27 heavy (non-hydrogen) atoms. The molecule has 0 aromatic heterocycles. The van der Waals surface area contributed by atoms with Gasteiger partial charge in [-0.05, 0) is 0 Å². The standard InChI is InChI=1S/2C7H19Si2.C3H6.4ClH.2Sn/c2*1-8(2,3)7-9(4,5)6;1-3-2;;;;;;/h2*7H,1-6H3;1-2H3;4*1H;;/q;;;;;;;2*+2/p-4. The molecule has 10 heteroatoms. The molecule has 0 N–H and O–H groups in total. The van der Waals surface area contributed by atoms with Crippen LogP contribution in [0.1, 0.15) is 13.8 Å². The van der Waals surface area contributed by atoms with Crippen molar-refractivity contribution in [3.8, 4) is 0 Å². The van der Waals surface area contributed by atoms with E-state index in [4.69, 9.17) is 35.7 Å². The molecule has 0 nitrogen and oxygen atoms in total. The summed E-state index contributed by atoms with van der Waals surface area (Å²) in [6.45, 7) is 34.1. The van der Waals surface area contributed by atoms with Crippen LogP contribution in [0.4, 0.5) is 0 Å². The van der Waals surface area contributed by atoms with Crippen LogP contribution >= 0.6 is 35.7 Å². The van der Waals surface area contributed by atoms with E-state index in [1.807, 2.05) is 0 Å². The summed E-state index contributed by atoms with van der Waals surface area (Å²) in [5, 5.41) is 0. The second-order valence-corrected chi connectivity index (χ2v) is 82.4. The topological polar surface area (TPSA) is 0 Å². The van der Waals surface area contributed by atoms with Gasteiger partial charge in [-0.1, -0.05) is 0 Å². The van der Waals surface area contributed by atoms with Gasteiger partial charge in [0.15, 0.2) is 0 Å². The molecular weight excluding hydrogens is 696 g/mol. The van der Waals surface area contributed by atoms with E-state index < -0.39 is 64.5 Å². The van der Waals surface area contributed by atoms with Gasteiger partial charge >= 0.3 is 200 Å². The molecule has 0 fully saturated rings. The summed E-state index contributed by atoms with van der Waals surface area (Å²) in [7, 11) is 24.4. The molecule has 0 rings (SSSR count). The monoisotopic (exact) mass is 740 g/mol. The van der Waals surface area contributed by atoms with Crippen molar-refractivity contribution in [3.63, 3.8) is 0 Å². The molecule has 0 saturated carbocycles. The van der Waals surface area contributed by atoms with Crippen LogP contribution in [0.5, 0.6) is 0 Å². The molecule has 0 amide bonds. The minimum atomic E-state index is -3.70. The maximum atomic E-state index is 7.65. The average molecular weight is 740 g/mol. The molecule has 0 bridgehead atoms. The zero-order valence-electron chi connectivity index (χ0n) is 20.2. The van der Waals surface area contributed by atoms with Gasteiger partial charge in [0.05, 0.1) is 0 Å². The predicted molar refractivity (Wildman–Crippen MR) is 150 cm³/mol. The molecule has 0 aliphatic rings. The Balaban J connectivity index is 6.73. The summed E-state index contributed by atoms with van der Waals surface area (Å²) in [4.78, 5) is 0. The zero-order chi connectivity index (χ0) is 22.7. The van der Waals surface area contributed by atoms with Gasteiger partial charge < -0.3 is 0 Å². The molecule has 0 aromatic carbocycles.